The molecule has 0 spiro atoms. The predicted octanol–water partition coefficient (Wildman–Crippen LogP) is 2.99. The molecule has 1 fully saturated rings. The summed E-state index contributed by atoms with van der Waals surface area (Å²) in [6.45, 7) is 7.04. The molecular formula is C18H28N2O2. The molecule has 2 rings (SSSR count). The molecule has 4 nitrogen and oxygen atoms in total. The van der Waals surface area contributed by atoms with Crippen molar-refractivity contribution in [2.75, 3.05) is 26.7 Å². The van der Waals surface area contributed by atoms with Gasteiger partial charge >= 0.3 is 0 Å². The van der Waals surface area contributed by atoms with E-state index in [1.54, 1.807) is 7.11 Å². The largest absolute Gasteiger partial charge is 0.497 e. The standard InChI is InChI=1S/C18H28N2O2/c1-14(2)12-18(21)19-13-17(20-10-4-5-11-20)15-6-8-16(22-3)9-7-15/h6-9,14,17H,4-5,10-13H2,1-3H3,(H,19,21). The Bertz CT molecular complexity index is 464. The molecule has 122 valence electrons. The number of hydrogen-bond donors (Lipinski definition) is 1. The maximum Gasteiger partial charge on any atom is 0.220 e. The third-order valence-corrected chi connectivity index (χ3v) is 4.17. The Balaban J connectivity index is 2.03. The SMILES string of the molecule is COc1ccc(C(CNC(=O)CC(C)C)N2CCCC2)cc1. The third kappa shape index (κ3) is 4.73. The first-order chi connectivity index (χ1) is 10.6. The number of carbonyl (C=O) groups is 1. The monoisotopic (exact) mass is 304 g/mol. The van der Waals surface area contributed by atoms with Crippen LogP contribution in [0.25, 0.3) is 0 Å². The number of methoxy groups -OCH3 is 1. The summed E-state index contributed by atoms with van der Waals surface area (Å²) in [6.07, 6.45) is 3.08. The molecule has 1 aliphatic heterocycles. The molecule has 0 aliphatic carbocycles. The number of benzene rings is 1. The van der Waals surface area contributed by atoms with Crippen LogP contribution in [0.1, 0.15) is 44.7 Å². The van der Waals surface area contributed by atoms with Gasteiger partial charge in [-0.25, -0.2) is 0 Å². The van der Waals surface area contributed by atoms with E-state index >= 15 is 0 Å². The number of nitrogens with one attached hydrogen (secondary N) is 1. The van der Waals surface area contributed by atoms with Crippen LogP contribution in [0.3, 0.4) is 0 Å². The minimum Gasteiger partial charge on any atom is -0.497 e. The Kier molecular flexibility index (Phi) is 6.25. The summed E-state index contributed by atoms with van der Waals surface area (Å²) < 4.78 is 5.23. The van der Waals surface area contributed by atoms with Crippen molar-refractivity contribution < 1.29 is 9.53 Å². The molecule has 1 amide bonds. The Morgan fingerprint density at radius 2 is 1.86 bits per heavy atom. The van der Waals surface area contributed by atoms with Crippen molar-refractivity contribution >= 4 is 5.91 Å². The van der Waals surface area contributed by atoms with E-state index in [1.165, 1.54) is 18.4 Å². The van der Waals surface area contributed by atoms with Gasteiger partial charge < -0.3 is 10.1 Å². The molecule has 1 atom stereocenters. The Morgan fingerprint density at radius 3 is 2.41 bits per heavy atom. The number of rotatable bonds is 7. The second kappa shape index (κ2) is 8.18. The highest BCUT2D eigenvalue weighted by Gasteiger charge is 2.24. The number of amides is 1. The topological polar surface area (TPSA) is 41.6 Å². The number of nitrogens with zero attached hydrogens (tertiary/aromatic N) is 1. The highest BCUT2D eigenvalue weighted by atomic mass is 16.5. The van der Waals surface area contributed by atoms with Gasteiger partial charge in [0.15, 0.2) is 0 Å². The van der Waals surface area contributed by atoms with Gasteiger partial charge in [-0.15, -0.1) is 0 Å². The number of carbonyl (C=O) groups excluding carboxylic acids is 1. The normalized spacial score (nSPS) is 16.7. The average molecular weight is 304 g/mol. The minimum absolute atomic E-state index is 0.146. The fraction of sp³-hybridized carbons (Fsp3) is 0.611. The minimum atomic E-state index is 0.146. The Hall–Kier alpha value is -1.55. The molecule has 1 unspecified atom stereocenters. The molecule has 1 aromatic carbocycles. The van der Waals surface area contributed by atoms with E-state index < -0.39 is 0 Å². The molecule has 1 aromatic rings. The van der Waals surface area contributed by atoms with Crippen molar-refractivity contribution in [2.45, 2.75) is 39.2 Å². The summed E-state index contributed by atoms with van der Waals surface area (Å²) in [7, 11) is 1.68. The van der Waals surface area contributed by atoms with Gasteiger partial charge in [0, 0.05) is 13.0 Å². The van der Waals surface area contributed by atoms with Gasteiger partial charge in [-0.1, -0.05) is 26.0 Å². The summed E-state index contributed by atoms with van der Waals surface area (Å²) in [6, 6.07) is 8.46. The molecular weight excluding hydrogens is 276 g/mol. The first-order valence-electron chi connectivity index (χ1n) is 8.25. The summed E-state index contributed by atoms with van der Waals surface area (Å²) in [5.74, 6) is 1.41. The van der Waals surface area contributed by atoms with Crippen LogP contribution in [0.15, 0.2) is 24.3 Å². The third-order valence-electron chi connectivity index (χ3n) is 4.17. The van der Waals surface area contributed by atoms with E-state index in [0.29, 0.717) is 18.9 Å². The van der Waals surface area contributed by atoms with Crippen molar-refractivity contribution in [3.05, 3.63) is 29.8 Å². The zero-order chi connectivity index (χ0) is 15.9. The van der Waals surface area contributed by atoms with Gasteiger partial charge in [-0.2, -0.15) is 0 Å². The van der Waals surface area contributed by atoms with Crippen molar-refractivity contribution in [1.29, 1.82) is 0 Å². The zero-order valence-corrected chi connectivity index (χ0v) is 14.0. The smallest absolute Gasteiger partial charge is 0.220 e. The van der Waals surface area contributed by atoms with Crippen molar-refractivity contribution in [3.8, 4) is 5.75 Å². The van der Waals surface area contributed by atoms with Crippen LogP contribution in [0.5, 0.6) is 5.75 Å². The Labute approximate surface area is 133 Å². The summed E-state index contributed by atoms with van der Waals surface area (Å²) in [5, 5.41) is 3.11. The fourth-order valence-electron chi connectivity index (χ4n) is 2.99. The van der Waals surface area contributed by atoms with E-state index in [9.17, 15) is 4.79 Å². The molecule has 1 aliphatic rings. The number of likely N-dealkylation sites (tertiary alicyclic amines) is 1. The number of hydrogen-bond acceptors (Lipinski definition) is 3. The fourth-order valence-corrected chi connectivity index (χ4v) is 2.99. The second-order valence-electron chi connectivity index (χ2n) is 6.43. The highest BCUT2D eigenvalue weighted by molar-refractivity contribution is 5.76. The van der Waals surface area contributed by atoms with Gasteiger partial charge in [0.25, 0.3) is 0 Å². The van der Waals surface area contributed by atoms with Gasteiger partial charge in [-0.05, 0) is 49.5 Å². The van der Waals surface area contributed by atoms with Gasteiger partial charge in [0.1, 0.15) is 5.75 Å². The maximum absolute atomic E-state index is 12.0. The van der Waals surface area contributed by atoms with E-state index in [1.807, 2.05) is 12.1 Å². The molecule has 0 aromatic heterocycles. The maximum atomic E-state index is 12.0. The Morgan fingerprint density at radius 1 is 1.23 bits per heavy atom. The molecule has 0 radical (unpaired) electrons. The van der Waals surface area contributed by atoms with Crippen molar-refractivity contribution in [1.82, 2.24) is 10.2 Å². The quantitative estimate of drug-likeness (QED) is 0.842. The lowest BCUT2D eigenvalue weighted by Gasteiger charge is -2.28. The molecule has 0 bridgehead atoms. The molecule has 1 saturated heterocycles. The van der Waals surface area contributed by atoms with Crippen molar-refractivity contribution in [2.24, 2.45) is 5.92 Å². The molecule has 0 saturated carbocycles. The predicted molar refractivity (Wildman–Crippen MR) is 89.0 cm³/mol. The first kappa shape index (κ1) is 16.8. The van der Waals surface area contributed by atoms with E-state index in [-0.39, 0.29) is 11.9 Å². The lowest BCUT2D eigenvalue weighted by atomic mass is 10.0. The average Bonchev–Trinajstić information content (AvgIpc) is 3.01. The summed E-state index contributed by atoms with van der Waals surface area (Å²) in [4.78, 5) is 14.4. The van der Waals surface area contributed by atoms with Crippen LogP contribution in [-0.2, 0) is 4.79 Å². The summed E-state index contributed by atoms with van der Waals surface area (Å²) in [5.41, 5.74) is 1.24. The molecule has 1 heterocycles. The van der Waals surface area contributed by atoms with Crippen LogP contribution >= 0.6 is 0 Å². The summed E-state index contributed by atoms with van der Waals surface area (Å²) >= 11 is 0. The van der Waals surface area contributed by atoms with Gasteiger partial charge in [-0.3, -0.25) is 9.69 Å². The van der Waals surface area contributed by atoms with Gasteiger partial charge in [0.2, 0.25) is 5.91 Å². The van der Waals surface area contributed by atoms with Crippen molar-refractivity contribution in [3.63, 3.8) is 0 Å². The zero-order valence-electron chi connectivity index (χ0n) is 14.0. The van der Waals surface area contributed by atoms with E-state index in [0.717, 1.165) is 18.8 Å². The van der Waals surface area contributed by atoms with E-state index in [4.69, 9.17) is 4.74 Å². The van der Waals surface area contributed by atoms with Gasteiger partial charge in [0.05, 0.1) is 13.2 Å². The van der Waals surface area contributed by atoms with Crippen LogP contribution < -0.4 is 10.1 Å². The molecule has 1 N–H and O–H groups in total. The molecule has 22 heavy (non-hydrogen) atoms. The first-order valence-corrected chi connectivity index (χ1v) is 8.25. The molecule has 4 heteroatoms. The number of ether oxygens (including phenoxy) is 1. The lowest BCUT2D eigenvalue weighted by molar-refractivity contribution is -0.122. The van der Waals surface area contributed by atoms with Crippen LogP contribution in [0.2, 0.25) is 0 Å². The lowest BCUT2D eigenvalue weighted by Crippen LogP contribution is -2.37. The van der Waals surface area contributed by atoms with Crippen LogP contribution in [0.4, 0.5) is 0 Å². The van der Waals surface area contributed by atoms with Crippen LogP contribution in [-0.4, -0.2) is 37.6 Å². The second-order valence-corrected chi connectivity index (χ2v) is 6.43. The van der Waals surface area contributed by atoms with Crippen LogP contribution in [0, 0.1) is 5.92 Å². The van der Waals surface area contributed by atoms with E-state index in [2.05, 4.69) is 36.2 Å². The highest BCUT2D eigenvalue weighted by Crippen LogP contribution is 2.26.